The van der Waals surface area contributed by atoms with Gasteiger partial charge in [0.1, 0.15) is 6.04 Å². The van der Waals surface area contributed by atoms with E-state index < -0.39 is 24.1 Å². The summed E-state index contributed by atoms with van der Waals surface area (Å²) in [5, 5.41) is 16.0. The third kappa shape index (κ3) is 3.72. The van der Waals surface area contributed by atoms with Crippen LogP contribution in [0, 0.1) is 0 Å². The third-order valence-corrected chi connectivity index (χ3v) is 2.95. The first-order chi connectivity index (χ1) is 10.4. The van der Waals surface area contributed by atoms with Crippen LogP contribution in [0.2, 0.25) is 0 Å². The van der Waals surface area contributed by atoms with Gasteiger partial charge in [0.05, 0.1) is 0 Å². The Bertz CT molecular complexity index is 620. The number of benzene rings is 1. The number of nitrogens with zero attached hydrogens (tertiary/aromatic N) is 3. The lowest BCUT2D eigenvalue weighted by atomic mass is 10.0. The molecule has 0 fully saturated rings. The highest BCUT2D eigenvalue weighted by Crippen LogP contribution is 2.30. The number of anilines is 1. The molecule has 1 aromatic heterocycles. The van der Waals surface area contributed by atoms with Crippen LogP contribution in [0.5, 0.6) is 0 Å². The SMILES string of the molecule is O=C(O)C(Cc1ccccc1)N(c1cccnn1)C(F)(F)F. The Labute approximate surface area is 124 Å². The van der Waals surface area contributed by atoms with E-state index in [0.29, 0.717) is 5.56 Å². The molecule has 0 spiro atoms. The fraction of sp³-hybridized carbons (Fsp3) is 0.214. The predicted molar refractivity (Wildman–Crippen MR) is 72.1 cm³/mol. The molecule has 116 valence electrons. The van der Waals surface area contributed by atoms with Crippen LogP contribution in [0.4, 0.5) is 19.0 Å². The van der Waals surface area contributed by atoms with Gasteiger partial charge < -0.3 is 5.11 Å². The number of aliphatic carboxylic acids is 1. The zero-order chi connectivity index (χ0) is 16.2. The van der Waals surface area contributed by atoms with Gasteiger partial charge in [0.15, 0.2) is 5.82 Å². The zero-order valence-electron chi connectivity index (χ0n) is 11.2. The van der Waals surface area contributed by atoms with Crippen LogP contribution >= 0.6 is 0 Å². The molecular weight excluding hydrogens is 299 g/mol. The van der Waals surface area contributed by atoms with Crippen LogP contribution < -0.4 is 4.90 Å². The molecule has 2 aromatic rings. The lowest BCUT2D eigenvalue weighted by molar-refractivity contribution is -0.154. The van der Waals surface area contributed by atoms with Crippen molar-refractivity contribution < 1.29 is 23.1 Å². The minimum atomic E-state index is -4.89. The van der Waals surface area contributed by atoms with Crippen molar-refractivity contribution in [3.8, 4) is 0 Å². The van der Waals surface area contributed by atoms with Crippen LogP contribution in [0.1, 0.15) is 5.56 Å². The van der Waals surface area contributed by atoms with Crippen molar-refractivity contribution in [1.29, 1.82) is 0 Å². The van der Waals surface area contributed by atoms with Crippen molar-refractivity contribution in [2.45, 2.75) is 18.8 Å². The molecule has 22 heavy (non-hydrogen) atoms. The van der Waals surface area contributed by atoms with E-state index >= 15 is 0 Å². The third-order valence-electron chi connectivity index (χ3n) is 2.95. The van der Waals surface area contributed by atoms with Gasteiger partial charge in [-0.2, -0.15) is 5.10 Å². The summed E-state index contributed by atoms with van der Waals surface area (Å²) in [5.74, 6) is -2.15. The summed E-state index contributed by atoms with van der Waals surface area (Å²) >= 11 is 0. The molecule has 5 nitrogen and oxygen atoms in total. The number of alkyl halides is 3. The molecule has 0 aliphatic heterocycles. The maximum Gasteiger partial charge on any atom is 0.486 e. The Balaban J connectivity index is 2.40. The Morgan fingerprint density at radius 1 is 1.18 bits per heavy atom. The summed E-state index contributed by atoms with van der Waals surface area (Å²) in [6.07, 6.45) is -3.99. The van der Waals surface area contributed by atoms with Crippen molar-refractivity contribution in [2.24, 2.45) is 0 Å². The monoisotopic (exact) mass is 311 g/mol. The number of aromatic nitrogens is 2. The van der Waals surface area contributed by atoms with E-state index in [0.717, 1.165) is 6.07 Å². The van der Waals surface area contributed by atoms with Crippen LogP contribution in [0.15, 0.2) is 48.7 Å². The quantitative estimate of drug-likeness (QED) is 0.859. The summed E-state index contributed by atoms with van der Waals surface area (Å²) in [4.78, 5) is 11.2. The van der Waals surface area contributed by atoms with Crippen molar-refractivity contribution in [2.75, 3.05) is 4.90 Å². The fourth-order valence-corrected chi connectivity index (χ4v) is 2.01. The van der Waals surface area contributed by atoms with E-state index in [1.807, 2.05) is 0 Å². The van der Waals surface area contributed by atoms with E-state index in [9.17, 15) is 23.1 Å². The maximum absolute atomic E-state index is 13.3. The lowest BCUT2D eigenvalue weighted by Gasteiger charge is -2.31. The van der Waals surface area contributed by atoms with E-state index in [2.05, 4.69) is 10.2 Å². The number of carboxylic acid groups (broad SMARTS) is 1. The summed E-state index contributed by atoms with van der Waals surface area (Å²) in [6, 6.07) is 8.61. The summed E-state index contributed by atoms with van der Waals surface area (Å²) in [7, 11) is 0. The van der Waals surface area contributed by atoms with Gasteiger partial charge >= 0.3 is 12.3 Å². The van der Waals surface area contributed by atoms with Gasteiger partial charge in [-0.3, -0.25) is 4.90 Å². The molecule has 1 unspecified atom stereocenters. The highest BCUT2D eigenvalue weighted by Gasteiger charge is 2.46. The Morgan fingerprint density at radius 2 is 1.86 bits per heavy atom. The van der Waals surface area contributed by atoms with Crippen LogP contribution in [-0.4, -0.2) is 33.6 Å². The van der Waals surface area contributed by atoms with Gasteiger partial charge in [0.25, 0.3) is 0 Å². The molecule has 2 rings (SSSR count). The van der Waals surface area contributed by atoms with Gasteiger partial charge in [0.2, 0.25) is 0 Å². The molecule has 0 aliphatic carbocycles. The second kappa shape index (κ2) is 6.42. The number of rotatable bonds is 5. The maximum atomic E-state index is 13.3. The molecular formula is C14H12F3N3O2. The minimum absolute atomic E-state index is 0.185. The average Bonchev–Trinajstić information content (AvgIpc) is 2.47. The fourth-order valence-electron chi connectivity index (χ4n) is 2.01. The van der Waals surface area contributed by atoms with Gasteiger partial charge in [-0.1, -0.05) is 30.3 Å². The predicted octanol–water partition coefficient (Wildman–Crippen LogP) is 2.50. The molecule has 1 heterocycles. The highest BCUT2D eigenvalue weighted by atomic mass is 19.4. The molecule has 1 N–H and O–H groups in total. The molecule has 0 saturated heterocycles. The number of hydrogen-bond acceptors (Lipinski definition) is 4. The second-order valence-electron chi connectivity index (χ2n) is 4.46. The van der Waals surface area contributed by atoms with Crippen molar-refractivity contribution in [1.82, 2.24) is 10.2 Å². The molecule has 8 heteroatoms. The van der Waals surface area contributed by atoms with E-state index in [1.54, 1.807) is 30.3 Å². The minimum Gasteiger partial charge on any atom is -0.480 e. The molecule has 0 radical (unpaired) electrons. The van der Waals surface area contributed by atoms with Gasteiger partial charge in [-0.05, 0) is 17.7 Å². The summed E-state index contributed by atoms with van der Waals surface area (Å²) < 4.78 is 39.9. The van der Waals surface area contributed by atoms with Crippen molar-refractivity contribution in [3.05, 3.63) is 54.2 Å². The van der Waals surface area contributed by atoms with Crippen LogP contribution in [0.25, 0.3) is 0 Å². The number of carboxylic acids is 1. The normalized spacial score (nSPS) is 12.7. The van der Waals surface area contributed by atoms with Gasteiger partial charge in [-0.15, -0.1) is 18.3 Å². The molecule has 0 saturated carbocycles. The molecule has 0 aliphatic rings. The topological polar surface area (TPSA) is 66.3 Å². The number of halogens is 3. The summed E-state index contributed by atoms with van der Waals surface area (Å²) in [5.41, 5.74) is 0.480. The van der Waals surface area contributed by atoms with Crippen molar-refractivity contribution >= 4 is 11.8 Å². The number of carbonyl (C=O) groups is 1. The van der Waals surface area contributed by atoms with E-state index in [4.69, 9.17) is 0 Å². The Hall–Kier alpha value is -2.64. The first-order valence-corrected chi connectivity index (χ1v) is 6.30. The number of hydrogen-bond donors (Lipinski definition) is 1. The Kier molecular flexibility index (Phi) is 4.59. The Morgan fingerprint density at radius 3 is 2.36 bits per heavy atom. The van der Waals surface area contributed by atoms with Crippen molar-refractivity contribution in [3.63, 3.8) is 0 Å². The largest absolute Gasteiger partial charge is 0.486 e. The first-order valence-electron chi connectivity index (χ1n) is 6.30. The van der Waals surface area contributed by atoms with Gasteiger partial charge in [0, 0.05) is 12.6 Å². The smallest absolute Gasteiger partial charge is 0.480 e. The van der Waals surface area contributed by atoms with Crippen LogP contribution in [0.3, 0.4) is 0 Å². The first kappa shape index (κ1) is 15.7. The highest BCUT2D eigenvalue weighted by molar-refractivity contribution is 5.78. The standard InChI is InChI=1S/C14H12F3N3O2/c15-14(16,17)20(12-7-4-8-18-19-12)11(13(21)22)9-10-5-2-1-3-6-10/h1-8,11H,9H2,(H,21,22). The molecule has 0 bridgehead atoms. The van der Waals surface area contributed by atoms with Gasteiger partial charge in [-0.25, -0.2) is 4.79 Å². The molecule has 1 aromatic carbocycles. The second-order valence-corrected chi connectivity index (χ2v) is 4.46. The average molecular weight is 311 g/mol. The van der Waals surface area contributed by atoms with E-state index in [-0.39, 0.29) is 11.3 Å². The molecule has 0 amide bonds. The summed E-state index contributed by atoms with van der Waals surface area (Å²) in [6.45, 7) is 0. The zero-order valence-corrected chi connectivity index (χ0v) is 11.2. The van der Waals surface area contributed by atoms with E-state index in [1.165, 1.54) is 12.3 Å². The van der Waals surface area contributed by atoms with Crippen LogP contribution in [-0.2, 0) is 11.2 Å². The molecule has 1 atom stereocenters. The lowest BCUT2D eigenvalue weighted by Crippen LogP contribution is -2.51.